The second-order valence-corrected chi connectivity index (χ2v) is 5.75. The molecule has 2 aromatic rings. The molecule has 0 saturated heterocycles. The molecule has 0 aromatic heterocycles. The van der Waals surface area contributed by atoms with Crippen molar-refractivity contribution in [1.29, 1.82) is 0 Å². The monoisotopic (exact) mass is 296 g/mol. The molecule has 1 N–H and O–H groups in total. The smallest absolute Gasteiger partial charge is 0.225 e. The third kappa shape index (κ3) is 2.64. The highest BCUT2D eigenvalue weighted by atomic mass is 16.5. The average molecular weight is 296 g/mol. The first-order valence-electron chi connectivity index (χ1n) is 7.33. The van der Waals surface area contributed by atoms with Crippen molar-refractivity contribution < 1.29 is 9.53 Å². The highest BCUT2D eigenvalue weighted by Gasteiger charge is 2.27. The predicted molar refractivity (Wildman–Crippen MR) is 88.9 cm³/mol. The Morgan fingerprint density at radius 2 is 2.00 bits per heavy atom. The van der Waals surface area contributed by atoms with Gasteiger partial charge in [-0.25, -0.2) is 0 Å². The molecule has 4 nitrogen and oxygen atoms in total. The van der Waals surface area contributed by atoms with Gasteiger partial charge in [0.2, 0.25) is 5.91 Å². The van der Waals surface area contributed by atoms with Crippen LogP contribution in [0.3, 0.4) is 0 Å². The number of methoxy groups -OCH3 is 1. The van der Waals surface area contributed by atoms with E-state index in [1.54, 1.807) is 7.11 Å². The summed E-state index contributed by atoms with van der Waals surface area (Å²) < 4.78 is 5.30. The zero-order valence-electron chi connectivity index (χ0n) is 13.1. The Bertz CT molecular complexity index is 710. The molecule has 22 heavy (non-hydrogen) atoms. The first kappa shape index (κ1) is 14.4. The molecule has 1 atom stereocenters. The number of fused-ring (bicyclic) bond motifs is 1. The Morgan fingerprint density at radius 1 is 1.18 bits per heavy atom. The lowest BCUT2D eigenvalue weighted by Gasteiger charge is -2.27. The van der Waals surface area contributed by atoms with Gasteiger partial charge in [0.1, 0.15) is 5.75 Å². The molecule has 2 aromatic carbocycles. The van der Waals surface area contributed by atoms with Crippen LogP contribution in [0.25, 0.3) is 0 Å². The van der Waals surface area contributed by atoms with Gasteiger partial charge in [0.15, 0.2) is 0 Å². The van der Waals surface area contributed by atoms with Crippen molar-refractivity contribution in [3.05, 3.63) is 53.6 Å². The zero-order valence-corrected chi connectivity index (χ0v) is 13.1. The lowest BCUT2D eigenvalue weighted by Crippen LogP contribution is -2.24. The van der Waals surface area contributed by atoms with E-state index in [4.69, 9.17) is 4.74 Å². The molecule has 0 spiro atoms. The maximum absolute atomic E-state index is 12.1. The Labute approximate surface area is 130 Å². The molecule has 3 rings (SSSR count). The second kappa shape index (κ2) is 5.72. The summed E-state index contributed by atoms with van der Waals surface area (Å²) >= 11 is 0. The minimum Gasteiger partial charge on any atom is -0.497 e. The second-order valence-electron chi connectivity index (χ2n) is 5.75. The van der Waals surface area contributed by atoms with Crippen LogP contribution in [-0.4, -0.2) is 27.1 Å². The van der Waals surface area contributed by atoms with Gasteiger partial charge in [0.25, 0.3) is 0 Å². The zero-order chi connectivity index (χ0) is 15.7. The van der Waals surface area contributed by atoms with Gasteiger partial charge in [-0.1, -0.05) is 18.2 Å². The molecule has 1 aliphatic rings. The lowest BCUT2D eigenvalue weighted by molar-refractivity contribution is -0.116. The first-order valence-corrected chi connectivity index (χ1v) is 7.33. The highest BCUT2D eigenvalue weighted by Crippen LogP contribution is 2.39. The van der Waals surface area contributed by atoms with Crippen LogP contribution in [0.2, 0.25) is 0 Å². The fraction of sp³-hybridized carbons (Fsp3) is 0.278. The molecule has 0 fully saturated rings. The van der Waals surface area contributed by atoms with E-state index in [0.717, 1.165) is 28.3 Å². The van der Waals surface area contributed by atoms with Crippen molar-refractivity contribution in [2.75, 3.05) is 31.4 Å². The summed E-state index contributed by atoms with van der Waals surface area (Å²) in [5.74, 6) is 0.932. The highest BCUT2D eigenvalue weighted by molar-refractivity contribution is 5.96. The summed E-state index contributed by atoms with van der Waals surface area (Å²) in [6, 6.07) is 14.2. The number of carbonyl (C=O) groups excluding carboxylic acids is 1. The summed E-state index contributed by atoms with van der Waals surface area (Å²) in [5, 5.41) is 2.99. The van der Waals surface area contributed by atoms with Crippen LogP contribution in [0.4, 0.5) is 11.4 Å². The van der Waals surface area contributed by atoms with Crippen molar-refractivity contribution in [3.8, 4) is 5.75 Å². The lowest BCUT2D eigenvalue weighted by atomic mass is 9.84. The minimum atomic E-state index is 0.0521. The number of ether oxygens (including phenoxy) is 1. The number of rotatable bonds is 3. The van der Waals surface area contributed by atoms with Crippen molar-refractivity contribution in [2.24, 2.45) is 0 Å². The summed E-state index contributed by atoms with van der Waals surface area (Å²) in [6.45, 7) is 0. The van der Waals surface area contributed by atoms with Crippen LogP contribution in [0.1, 0.15) is 23.5 Å². The van der Waals surface area contributed by atoms with E-state index in [9.17, 15) is 4.79 Å². The number of amides is 1. The fourth-order valence-corrected chi connectivity index (χ4v) is 2.89. The number of hydrogen-bond acceptors (Lipinski definition) is 3. The third-order valence-corrected chi connectivity index (χ3v) is 4.09. The number of carbonyl (C=O) groups is 1. The Morgan fingerprint density at radius 3 is 2.73 bits per heavy atom. The van der Waals surface area contributed by atoms with E-state index in [1.807, 2.05) is 43.3 Å². The molecule has 0 saturated carbocycles. The molecule has 1 heterocycles. The topological polar surface area (TPSA) is 41.6 Å². The normalized spacial score (nSPS) is 16.7. The molecule has 1 unspecified atom stereocenters. The first-order chi connectivity index (χ1) is 10.6. The van der Waals surface area contributed by atoms with Gasteiger partial charge in [-0.2, -0.15) is 0 Å². The Hall–Kier alpha value is -2.49. The molecule has 0 bridgehead atoms. The van der Waals surface area contributed by atoms with Gasteiger partial charge in [0, 0.05) is 37.8 Å². The summed E-state index contributed by atoms with van der Waals surface area (Å²) in [4.78, 5) is 14.1. The van der Waals surface area contributed by atoms with Crippen molar-refractivity contribution in [1.82, 2.24) is 0 Å². The number of benzene rings is 2. The maximum atomic E-state index is 12.1. The molecular weight excluding hydrogens is 276 g/mol. The van der Waals surface area contributed by atoms with E-state index in [-0.39, 0.29) is 11.8 Å². The van der Waals surface area contributed by atoms with Gasteiger partial charge >= 0.3 is 0 Å². The number of nitrogens with one attached hydrogen (secondary N) is 1. The van der Waals surface area contributed by atoms with Gasteiger partial charge in [-0.15, -0.1) is 0 Å². The predicted octanol–water partition coefficient (Wildman–Crippen LogP) is 3.24. The SMILES string of the molecule is COc1cccc(C2CC(=O)Nc3cc(N(C)C)ccc32)c1. The van der Waals surface area contributed by atoms with Crippen LogP contribution >= 0.6 is 0 Å². The van der Waals surface area contributed by atoms with Crippen LogP contribution in [0.5, 0.6) is 5.75 Å². The van der Waals surface area contributed by atoms with E-state index in [0.29, 0.717) is 6.42 Å². The standard InChI is InChI=1S/C18H20N2O2/c1-20(2)13-7-8-15-16(11-18(21)19-17(15)10-13)12-5-4-6-14(9-12)22-3/h4-10,16H,11H2,1-3H3,(H,19,21). The van der Waals surface area contributed by atoms with Crippen molar-refractivity contribution in [3.63, 3.8) is 0 Å². The van der Waals surface area contributed by atoms with Crippen molar-refractivity contribution in [2.45, 2.75) is 12.3 Å². The van der Waals surface area contributed by atoms with Gasteiger partial charge in [-0.05, 0) is 35.4 Å². The Kier molecular flexibility index (Phi) is 3.75. The largest absolute Gasteiger partial charge is 0.497 e. The molecule has 4 heteroatoms. The molecule has 0 radical (unpaired) electrons. The van der Waals surface area contributed by atoms with Gasteiger partial charge in [0.05, 0.1) is 7.11 Å². The molecule has 0 aliphatic carbocycles. The van der Waals surface area contributed by atoms with Crippen LogP contribution < -0.4 is 15.0 Å². The number of hydrogen-bond donors (Lipinski definition) is 1. The minimum absolute atomic E-state index is 0.0521. The molecule has 1 aliphatic heterocycles. The number of nitrogens with zero attached hydrogens (tertiary/aromatic N) is 1. The van der Waals surface area contributed by atoms with Crippen LogP contribution in [-0.2, 0) is 4.79 Å². The summed E-state index contributed by atoms with van der Waals surface area (Å²) in [5.41, 5.74) is 4.23. The molecular formula is C18H20N2O2. The van der Waals surface area contributed by atoms with E-state index >= 15 is 0 Å². The summed E-state index contributed by atoms with van der Waals surface area (Å²) in [6.07, 6.45) is 0.460. The van der Waals surface area contributed by atoms with E-state index in [1.165, 1.54) is 0 Å². The van der Waals surface area contributed by atoms with Crippen molar-refractivity contribution >= 4 is 17.3 Å². The number of anilines is 2. The van der Waals surface area contributed by atoms with Gasteiger partial charge in [-0.3, -0.25) is 4.79 Å². The Balaban J connectivity index is 2.05. The summed E-state index contributed by atoms with van der Waals surface area (Å²) in [7, 11) is 5.64. The van der Waals surface area contributed by atoms with E-state index < -0.39 is 0 Å². The molecule has 114 valence electrons. The average Bonchev–Trinajstić information content (AvgIpc) is 2.53. The molecule has 1 amide bonds. The maximum Gasteiger partial charge on any atom is 0.225 e. The fourth-order valence-electron chi connectivity index (χ4n) is 2.89. The van der Waals surface area contributed by atoms with Crippen LogP contribution in [0.15, 0.2) is 42.5 Å². The van der Waals surface area contributed by atoms with Gasteiger partial charge < -0.3 is 15.0 Å². The van der Waals surface area contributed by atoms with Crippen LogP contribution in [0, 0.1) is 0 Å². The van der Waals surface area contributed by atoms with E-state index in [2.05, 4.69) is 23.5 Å². The third-order valence-electron chi connectivity index (χ3n) is 4.09. The quantitative estimate of drug-likeness (QED) is 0.945.